The van der Waals surface area contributed by atoms with Gasteiger partial charge in [0.25, 0.3) is 5.56 Å². The Morgan fingerprint density at radius 3 is 2.39 bits per heavy atom. The summed E-state index contributed by atoms with van der Waals surface area (Å²) >= 11 is 0. The number of nitrogens with one attached hydrogen (secondary N) is 2. The van der Waals surface area contributed by atoms with E-state index in [0.717, 1.165) is 10.9 Å². The van der Waals surface area contributed by atoms with Crippen LogP contribution in [0.1, 0.15) is 33.5 Å². The van der Waals surface area contributed by atoms with Gasteiger partial charge in [-0.2, -0.15) is 5.10 Å². The van der Waals surface area contributed by atoms with Crippen LogP contribution >= 0.6 is 0 Å². The lowest BCUT2D eigenvalue weighted by molar-refractivity contribution is 0.0314. The highest BCUT2D eigenvalue weighted by Gasteiger charge is 2.26. The smallest absolute Gasteiger partial charge is 0.360 e. The van der Waals surface area contributed by atoms with Crippen molar-refractivity contribution in [3.8, 4) is 0 Å². The van der Waals surface area contributed by atoms with E-state index in [1.165, 1.54) is 6.92 Å². The largest absolute Gasteiger partial charge is 0.449 e. The van der Waals surface area contributed by atoms with Gasteiger partial charge in [0.05, 0.1) is 5.39 Å². The summed E-state index contributed by atoms with van der Waals surface area (Å²) in [4.78, 5) is 40.6. The maximum atomic E-state index is 12.9. The minimum atomic E-state index is -1.02. The van der Waals surface area contributed by atoms with Crippen LogP contribution in [0.4, 0.5) is 0 Å². The lowest BCUT2D eigenvalue weighted by atomic mass is 10.0. The van der Waals surface area contributed by atoms with Crippen LogP contribution in [0.3, 0.4) is 0 Å². The number of benzene rings is 2. The van der Waals surface area contributed by atoms with Crippen LogP contribution < -0.4 is 5.56 Å². The number of nitrogens with zero attached hydrogens (tertiary/aromatic N) is 1. The van der Waals surface area contributed by atoms with Crippen molar-refractivity contribution in [1.29, 1.82) is 0 Å². The lowest BCUT2D eigenvalue weighted by Gasteiger charge is -2.13. The molecule has 0 spiro atoms. The first kappa shape index (κ1) is 17.7. The maximum absolute atomic E-state index is 12.9. The predicted octanol–water partition coefficient (Wildman–Crippen LogP) is 3.14. The van der Waals surface area contributed by atoms with Crippen molar-refractivity contribution in [2.24, 2.45) is 0 Å². The summed E-state index contributed by atoms with van der Waals surface area (Å²) < 4.78 is 5.39. The second-order valence-corrected chi connectivity index (χ2v) is 6.53. The molecule has 0 amide bonds. The Hall–Kier alpha value is -3.74. The predicted molar refractivity (Wildman–Crippen MR) is 105 cm³/mol. The highest BCUT2D eigenvalue weighted by Crippen LogP contribution is 2.24. The topological polar surface area (TPSA) is 105 Å². The van der Waals surface area contributed by atoms with Crippen molar-refractivity contribution in [3.63, 3.8) is 0 Å². The van der Waals surface area contributed by atoms with E-state index in [1.54, 1.807) is 31.2 Å². The van der Waals surface area contributed by atoms with E-state index in [9.17, 15) is 14.4 Å². The zero-order valence-corrected chi connectivity index (χ0v) is 15.3. The number of aromatic amines is 2. The van der Waals surface area contributed by atoms with Gasteiger partial charge in [-0.3, -0.25) is 9.59 Å². The zero-order chi connectivity index (χ0) is 19.8. The summed E-state index contributed by atoms with van der Waals surface area (Å²) in [6.07, 6.45) is -1.02. The van der Waals surface area contributed by atoms with Crippen LogP contribution in [0, 0.1) is 6.92 Å². The van der Waals surface area contributed by atoms with Crippen LogP contribution in [0.5, 0.6) is 0 Å². The first-order chi connectivity index (χ1) is 13.5. The molecule has 2 aromatic carbocycles. The summed E-state index contributed by atoms with van der Waals surface area (Å²) in [7, 11) is 0. The second-order valence-electron chi connectivity index (χ2n) is 6.53. The lowest BCUT2D eigenvalue weighted by Crippen LogP contribution is -2.26. The monoisotopic (exact) mass is 375 g/mol. The highest BCUT2D eigenvalue weighted by molar-refractivity contribution is 6.12. The number of ketones is 1. The molecule has 1 atom stereocenters. The summed E-state index contributed by atoms with van der Waals surface area (Å²) in [5, 5.41) is 7.59. The molecule has 4 rings (SSSR count). The van der Waals surface area contributed by atoms with Gasteiger partial charge in [-0.25, -0.2) is 9.89 Å². The van der Waals surface area contributed by atoms with E-state index in [1.807, 2.05) is 24.3 Å². The van der Waals surface area contributed by atoms with Gasteiger partial charge in [-0.1, -0.05) is 36.4 Å². The quantitative estimate of drug-likeness (QED) is 0.421. The van der Waals surface area contributed by atoms with Crippen molar-refractivity contribution in [2.75, 3.05) is 0 Å². The normalized spacial score (nSPS) is 12.2. The summed E-state index contributed by atoms with van der Waals surface area (Å²) in [6, 6.07) is 14.1. The third-order valence-electron chi connectivity index (χ3n) is 4.68. The molecule has 0 radical (unpaired) electrons. The third-order valence-corrected chi connectivity index (χ3v) is 4.68. The van der Waals surface area contributed by atoms with Crippen LogP contribution in [-0.2, 0) is 4.74 Å². The van der Waals surface area contributed by atoms with Gasteiger partial charge in [0, 0.05) is 27.5 Å². The van der Waals surface area contributed by atoms with Gasteiger partial charge >= 0.3 is 5.97 Å². The summed E-state index contributed by atoms with van der Waals surface area (Å²) in [5.41, 5.74) is 1.61. The van der Waals surface area contributed by atoms with E-state index < -0.39 is 17.6 Å². The van der Waals surface area contributed by atoms with Crippen molar-refractivity contribution >= 4 is 33.4 Å². The number of Topliss-reactive ketones (excluding diaryl/α,β-unsaturated/α-hetero) is 1. The standard InChI is InChI=1S/C21H17N3O4/c1-11-17(15-9-5-6-10-16(15)22-11)19(25)12(2)28-21(27)18-13-7-3-4-8-14(13)20(26)24-23-18/h3-10,12,22H,1-2H3,(H,24,26)/t12-/m1/s1. The summed E-state index contributed by atoms with van der Waals surface area (Å²) in [6.45, 7) is 3.33. The molecule has 0 unspecified atom stereocenters. The van der Waals surface area contributed by atoms with Crippen LogP contribution in [0.15, 0.2) is 53.3 Å². The van der Waals surface area contributed by atoms with Gasteiger partial charge in [0.2, 0.25) is 5.78 Å². The number of H-pyrrole nitrogens is 2. The molecule has 0 aliphatic heterocycles. The second kappa shape index (κ2) is 6.77. The maximum Gasteiger partial charge on any atom is 0.360 e. The molecule has 7 heteroatoms. The SMILES string of the molecule is Cc1[nH]c2ccccc2c1C(=O)[C@@H](C)OC(=O)c1n[nH]c(=O)c2ccccc12. The molecule has 7 nitrogen and oxygen atoms in total. The number of rotatable bonds is 4. The fourth-order valence-electron chi connectivity index (χ4n) is 3.34. The van der Waals surface area contributed by atoms with E-state index >= 15 is 0 Å². The number of aromatic nitrogens is 3. The van der Waals surface area contributed by atoms with Gasteiger partial charge in [0.15, 0.2) is 11.8 Å². The first-order valence-corrected chi connectivity index (χ1v) is 8.77. The first-order valence-electron chi connectivity index (χ1n) is 8.77. The number of para-hydroxylation sites is 1. The molecule has 2 aromatic heterocycles. The van der Waals surface area contributed by atoms with E-state index in [2.05, 4.69) is 15.2 Å². The molecule has 2 heterocycles. The molecular weight excluding hydrogens is 358 g/mol. The number of ether oxygens (including phenoxy) is 1. The molecule has 0 saturated carbocycles. The Bertz CT molecular complexity index is 1290. The number of esters is 1. The summed E-state index contributed by atoms with van der Waals surface area (Å²) in [5.74, 6) is -1.08. The van der Waals surface area contributed by atoms with Crippen molar-refractivity contribution in [1.82, 2.24) is 15.2 Å². The molecule has 28 heavy (non-hydrogen) atoms. The number of aryl methyl sites for hydroxylation is 1. The van der Waals surface area contributed by atoms with Gasteiger partial charge in [-0.05, 0) is 26.0 Å². The third kappa shape index (κ3) is 2.87. The Labute approximate surface area is 159 Å². The number of carbonyl (C=O) groups is 2. The van der Waals surface area contributed by atoms with E-state index in [4.69, 9.17) is 4.74 Å². The Kier molecular flexibility index (Phi) is 4.27. The average Bonchev–Trinajstić information content (AvgIpc) is 3.03. The van der Waals surface area contributed by atoms with Crippen LogP contribution in [0.25, 0.3) is 21.7 Å². The van der Waals surface area contributed by atoms with Crippen molar-refractivity contribution in [3.05, 3.63) is 75.8 Å². The number of carbonyl (C=O) groups excluding carboxylic acids is 2. The molecule has 0 saturated heterocycles. The van der Waals surface area contributed by atoms with E-state index in [-0.39, 0.29) is 11.5 Å². The Balaban J connectivity index is 1.65. The highest BCUT2D eigenvalue weighted by atomic mass is 16.5. The zero-order valence-electron chi connectivity index (χ0n) is 15.3. The molecule has 0 aliphatic carbocycles. The molecule has 0 bridgehead atoms. The molecule has 2 N–H and O–H groups in total. The molecule has 0 fully saturated rings. The molecule has 0 aliphatic rings. The average molecular weight is 375 g/mol. The number of fused-ring (bicyclic) bond motifs is 2. The molecule has 140 valence electrons. The van der Waals surface area contributed by atoms with Crippen molar-refractivity contribution < 1.29 is 14.3 Å². The minimum Gasteiger partial charge on any atom is -0.449 e. The van der Waals surface area contributed by atoms with Crippen LogP contribution in [0.2, 0.25) is 0 Å². The number of hydrogen-bond acceptors (Lipinski definition) is 5. The van der Waals surface area contributed by atoms with Gasteiger partial charge in [0.1, 0.15) is 0 Å². The fourth-order valence-corrected chi connectivity index (χ4v) is 3.34. The molecular formula is C21H17N3O4. The Morgan fingerprint density at radius 2 is 1.64 bits per heavy atom. The van der Waals surface area contributed by atoms with Gasteiger partial charge < -0.3 is 9.72 Å². The van der Waals surface area contributed by atoms with Crippen LogP contribution in [-0.4, -0.2) is 33.0 Å². The van der Waals surface area contributed by atoms with Gasteiger partial charge in [-0.15, -0.1) is 0 Å². The fraction of sp³-hybridized carbons (Fsp3) is 0.143. The van der Waals surface area contributed by atoms with E-state index in [0.29, 0.717) is 22.0 Å². The van der Waals surface area contributed by atoms with Crippen molar-refractivity contribution in [2.45, 2.75) is 20.0 Å². The molecule has 4 aromatic rings. The number of hydrogen-bond donors (Lipinski definition) is 2. The Morgan fingerprint density at radius 1 is 1.00 bits per heavy atom. The minimum absolute atomic E-state index is 0.0366.